The van der Waals surface area contributed by atoms with Crippen molar-refractivity contribution < 1.29 is 0 Å². The molecule has 2 aromatic carbocycles. The number of hydrogen-bond acceptors (Lipinski definition) is 3. The van der Waals surface area contributed by atoms with Crippen molar-refractivity contribution in [1.29, 1.82) is 0 Å². The van der Waals surface area contributed by atoms with Crippen LogP contribution in [0.4, 0.5) is 5.69 Å². The van der Waals surface area contributed by atoms with Crippen molar-refractivity contribution in [1.82, 2.24) is 15.2 Å². The summed E-state index contributed by atoms with van der Waals surface area (Å²) in [5.74, 6) is 0. The Morgan fingerprint density at radius 3 is 2.72 bits per heavy atom. The fourth-order valence-corrected chi connectivity index (χ4v) is 2.49. The molecular formula is C19H19N5S. The summed E-state index contributed by atoms with van der Waals surface area (Å²) >= 11 is 5.25. The molecule has 0 radical (unpaired) electrons. The van der Waals surface area contributed by atoms with Gasteiger partial charge in [-0.15, -0.1) is 0 Å². The van der Waals surface area contributed by atoms with Crippen molar-refractivity contribution in [3.63, 3.8) is 0 Å². The summed E-state index contributed by atoms with van der Waals surface area (Å²) in [6.07, 6.45) is 5.41. The van der Waals surface area contributed by atoms with Crippen molar-refractivity contribution in [3.05, 3.63) is 83.7 Å². The van der Waals surface area contributed by atoms with Crippen LogP contribution >= 0.6 is 12.2 Å². The second-order valence-corrected chi connectivity index (χ2v) is 6.00. The Balaban J connectivity index is 1.52. The average Bonchev–Trinajstić information content (AvgIpc) is 3.05. The largest absolute Gasteiger partial charge is 0.331 e. The number of aryl methyl sites for hydroxylation is 1. The van der Waals surface area contributed by atoms with Crippen molar-refractivity contribution >= 4 is 29.2 Å². The zero-order valence-corrected chi connectivity index (χ0v) is 14.7. The zero-order chi connectivity index (χ0) is 17.5. The fraction of sp³-hybridized carbons (Fsp3) is 0.105. The first-order valence-corrected chi connectivity index (χ1v) is 8.33. The third kappa shape index (κ3) is 4.99. The second-order valence-electron chi connectivity index (χ2n) is 5.60. The van der Waals surface area contributed by atoms with Crippen LogP contribution in [0.25, 0.3) is 0 Å². The Hall–Kier alpha value is -2.99. The number of thiocarbonyl (C=S) groups is 1. The van der Waals surface area contributed by atoms with E-state index in [1.54, 1.807) is 12.4 Å². The Morgan fingerprint density at radius 2 is 1.92 bits per heavy atom. The maximum absolute atomic E-state index is 5.25. The van der Waals surface area contributed by atoms with Gasteiger partial charge in [-0.05, 0) is 36.3 Å². The van der Waals surface area contributed by atoms with E-state index in [2.05, 4.69) is 33.1 Å². The van der Waals surface area contributed by atoms with Crippen LogP contribution in [0.5, 0.6) is 0 Å². The predicted octanol–water partition coefficient (Wildman–Crippen LogP) is 3.56. The summed E-state index contributed by atoms with van der Waals surface area (Å²) in [6.45, 7) is 2.75. The van der Waals surface area contributed by atoms with E-state index in [1.165, 1.54) is 5.56 Å². The van der Waals surface area contributed by atoms with Gasteiger partial charge >= 0.3 is 0 Å². The maximum atomic E-state index is 5.25. The third-order valence-corrected chi connectivity index (χ3v) is 3.81. The van der Waals surface area contributed by atoms with E-state index in [0.29, 0.717) is 5.11 Å². The minimum Gasteiger partial charge on any atom is -0.331 e. The fourth-order valence-electron chi connectivity index (χ4n) is 2.33. The number of rotatable bonds is 5. The second kappa shape index (κ2) is 8.21. The molecule has 0 aliphatic heterocycles. The summed E-state index contributed by atoms with van der Waals surface area (Å²) in [7, 11) is 0. The highest BCUT2D eigenvalue weighted by Gasteiger charge is 2.00. The highest BCUT2D eigenvalue weighted by molar-refractivity contribution is 7.80. The molecule has 1 heterocycles. The Labute approximate surface area is 152 Å². The molecule has 0 fully saturated rings. The quantitative estimate of drug-likeness (QED) is 0.420. The summed E-state index contributed by atoms with van der Waals surface area (Å²) in [4.78, 5) is 0. The highest BCUT2D eigenvalue weighted by Crippen LogP contribution is 2.12. The summed E-state index contributed by atoms with van der Waals surface area (Å²) in [6, 6.07) is 18.1. The minimum absolute atomic E-state index is 0.447. The van der Waals surface area contributed by atoms with Gasteiger partial charge < -0.3 is 5.32 Å². The summed E-state index contributed by atoms with van der Waals surface area (Å²) in [5.41, 5.74) is 7.01. The van der Waals surface area contributed by atoms with E-state index in [9.17, 15) is 0 Å². The monoisotopic (exact) mass is 349 g/mol. The molecule has 0 saturated carbocycles. The highest BCUT2D eigenvalue weighted by atomic mass is 32.1. The van der Waals surface area contributed by atoms with Gasteiger partial charge in [0.15, 0.2) is 5.11 Å². The lowest BCUT2D eigenvalue weighted by Gasteiger charge is -2.09. The van der Waals surface area contributed by atoms with Crippen LogP contribution in [0.15, 0.2) is 72.1 Å². The normalized spacial score (nSPS) is 10.8. The average molecular weight is 349 g/mol. The number of anilines is 1. The van der Waals surface area contributed by atoms with Crippen molar-refractivity contribution in [2.24, 2.45) is 5.10 Å². The molecule has 2 N–H and O–H groups in total. The third-order valence-electron chi connectivity index (χ3n) is 3.61. The molecule has 0 saturated heterocycles. The van der Waals surface area contributed by atoms with Crippen molar-refractivity contribution in [2.45, 2.75) is 13.5 Å². The van der Waals surface area contributed by atoms with Crippen LogP contribution in [0.1, 0.15) is 16.7 Å². The van der Waals surface area contributed by atoms with Gasteiger partial charge in [-0.1, -0.05) is 48.5 Å². The molecule has 0 atom stereocenters. The number of hydrazone groups is 1. The zero-order valence-electron chi connectivity index (χ0n) is 13.9. The topological polar surface area (TPSA) is 54.2 Å². The molecule has 3 rings (SSSR count). The molecule has 126 valence electrons. The summed E-state index contributed by atoms with van der Waals surface area (Å²) in [5, 5.41) is 12.1. The standard InChI is InChI=1S/C19H19N5S/c1-15-7-5-6-10-18(15)22-19(25)23-20-11-17-12-21-24(14-17)13-16-8-3-2-4-9-16/h2-12,14H,13H2,1H3,(H2,22,23,25)/b20-11-. The number of benzene rings is 2. The van der Waals surface area contributed by atoms with Crippen molar-refractivity contribution in [2.75, 3.05) is 5.32 Å². The number of aromatic nitrogens is 2. The molecular weight excluding hydrogens is 330 g/mol. The molecule has 0 aliphatic rings. The minimum atomic E-state index is 0.447. The first-order chi connectivity index (χ1) is 12.2. The molecule has 0 aliphatic carbocycles. The van der Waals surface area contributed by atoms with Gasteiger partial charge in [0.25, 0.3) is 0 Å². The number of nitrogens with zero attached hydrogens (tertiary/aromatic N) is 3. The van der Waals surface area contributed by atoms with Crippen LogP contribution in [0, 0.1) is 6.92 Å². The van der Waals surface area contributed by atoms with E-state index in [-0.39, 0.29) is 0 Å². The molecule has 0 spiro atoms. The lowest BCUT2D eigenvalue weighted by Crippen LogP contribution is -2.24. The SMILES string of the molecule is Cc1ccccc1NC(=S)N/N=C\c1cnn(Cc2ccccc2)c1. The van der Waals surface area contributed by atoms with E-state index in [1.807, 2.05) is 60.3 Å². The first-order valence-electron chi connectivity index (χ1n) is 7.93. The number of nitrogens with one attached hydrogen (secondary N) is 2. The lowest BCUT2D eigenvalue weighted by atomic mass is 10.2. The molecule has 0 bridgehead atoms. The number of para-hydroxylation sites is 1. The number of hydrogen-bond donors (Lipinski definition) is 2. The van der Waals surface area contributed by atoms with Gasteiger partial charge in [0, 0.05) is 17.4 Å². The first kappa shape index (κ1) is 16.9. The van der Waals surface area contributed by atoms with Gasteiger partial charge in [-0.25, -0.2) is 0 Å². The van der Waals surface area contributed by atoms with E-state index >= 15 is 0 Å². The Bertz CT molecular complexity index is 870. The Kier molecular flexibility index (Phi) is 5.53. The predicted molar refractivity (Wildman–Crippen MR) is 106 cm³/mol. The molecule has 3 aromatic rings. The van der Waals surface area contributed by atoms with Gasteiger partial charge in [0.1, 0.15) is 0 Å². The molecule has 6 heteroatoms. The van der Waals surface area contributed by atoms with Gasteiger partial charge in [-0.3, -0.25) is 10.1 Å². The van der Waals surface area contributed by atoms with Crippen LogP contribution in [0.3, 0.4) is 0 Å². The molecule has 5 nitrogen and oxygen atoms in total. The van der Waals surface area contributed by atoms with Crippen LogP contribution in [-0.4, -0.2) is 21.1 Å². The van der Waals surface area contributed by atoms with Gasteiger partial charge in [0.05, 0.1) is 19.0 Å². The van der Waals surface area contributed by atoms with E-state index in [4.69, 9.17) is 12.2 Å². The molecule has 25 heavy (non-hydrogen) atoms. The van der Waals surface area contributed by atoms with Gasteiger partial charge in [0.2, 0.25) is 0 Å². The molecule has 0 amide bonds. The van der Waals surface area contributed by atoms with Crippen LogP contribution in [-0.2, 0) is 6.54 Å². The smallest absolute Gasteiger partial charge is 0.191 e. The lowest BCUT2D eigenvalue weighted by molar-refractivity contribution is 0.687. The van der Waals surface area contributed by atoms with Crippen molar-refractivity contribution in [3.8, 4) is 0 Å². The van der Waals surface area contributed by atoms with E-state index in [0.717, 1.165) is 23.4 Å². The maximum Gasteiger partial charge on any atom is 0.191 e. The van der Waals surface area contributed by atoms with Crippen LogP contribution in [0.2, 0.25) is 0 Å². The van der Waals surface area contributed by atoms with Gasteiger partial charge in [-0.2, -0.15) is 10.2 Å². The van der Waals surface area contributed by atoms with Crippen LogP contribution < -0.4 is 10.7 Å². The summed E-state index contributed by atoms with van der Waals surface area (Å²) < 4.78 is 1.88. The van der Waals surface area contributed by atoms with E-state index < -0.39 is 0 Å². The molecule has 0 unspecified atom stereocenters. The molecule has 1 aromatic heterocycles. The Morgan fingerprint density at radius 1 is 1.16 bits per heavy atom.